The van der Waals surface area contributed by atoms with Gasteiger partial charge in [0, 0.05) is 19.1 Å². The summed E-state index contributed by atoms with van der Waals surface area (Å²) in [5, 5.41) is 10.5. The largest absolute Gasteiger partial charge is 0.431 e. The van der Waals surface area contributed by atoms with E-state index in [1.807, 2.05) is 0 Å². The number of non-ortho nitro benzene ring substituents is 1. The molecule has 6 nitrogen and oxygen atoms in total. The molecule has 0 aliphatic rings. The van der Waals surface area contributed by atoms with Gasteiger partial charge in [-0.05, 0) is 17.7 Å². The molecule has 0 radical (unpaired) electrons. The third kappa shape index (κ3) is 5.50. The van der Waals surface area contributed by atoms with Gasteiger partial charge in [0.05, 0.1) is 11.5 Å². The molecule has 0 aromatic heterocycles. The first-order chi connectivity index (χ1) is 9.20. The molecule has 110 valence electrons. The molecule has 9 heteroatoms. The minimum Gasteiger partial charge on any atom is -0.431 e. The molecule has 0 fully saturated rings. The van der Waals surface area contributed by atoms with Crippen LogP contribution in [-0.2, 0) is 20.9 Å². The van der Waals surface area contributed by atoms with E-state index in [0.717, 1.165) is 6.92 Å². The molecule has 0 aliphatic heterocycles. The number of alkyl halides is 3. The first-order valence-corrected chi connectivity index (χ1v) is 6.42. The zero-order valence-electron chi connectivity index (χ0n) is 10.2. The zero-order chi connectivity index (χ0) is 15.3. The smallest absolute Gasteiger partial charge is 0.305 e. The molecule has 1 unspecified atom stereocenters. The molecule has 0 N–H and O–H groups in total. The molecule has 1 rings (SSSR count). The number of esters is 1. The van der Waals surface area contributed by atoms with Crippen LogP contribution in [0.4, 0.5) is 5.69 Å². The maximum absolute atomic E-state index is 10.9. The van der Waals surface area contributed by atoms with Crippen molar-refractivity contribution in [3.63, 3.8) is 0 Å². The molecule has 0 amide bonds. The summed E-state index contributed by atoms with van der Waals surface area (Å²) in [6, 6.07) is 5.60. The van der Waals surface area contributed by atoms with Crippen LogP contribution in [0.2, 0.25) is 0 Å². The number of hydrogen-bond donors (Lipinski definition) is 0. The SMILES string of the molecule is CC(=O)OC(OCc1ccc([N+](=O)[O-])cc1)C(Cl)(Cl)Cl. The van der Waals surface area contributed by atoms with E-state index in [0.29, 0.717) is 5.56 Å². The van der Waals surface area contributed by atoms with E-state index >= 15 is 0 Å². The molecule has 20 heavy (non-hydrogen) atoms. The molecular weight excluding hydrogens is 332 g/mol. The van der Waals surface area contributed by atoms with Gasteiger partial charge in [-0.25, -0.2) is 0 Å². The number of halogens is 3. The Kier molecular flexibility index (Phi) is 6.01. The van der Waals surface area contributed by atoms with E-state index in [4.69, 9.17) is 44.3 Å². The lowest BCUT2D eigenvalue weighted by atomic mass is 10.2. The van der Waals surface area contributed by atoms with Crippen LogP contribution in [0, 0.1) is 10.1 Å². The van der Waals surface area contributed by atoms with Gasteiger partial charge in [-0.1, -0.05) is 34.8 Å². The molecule has 0 saturated carbocycles. The molecular formula is C11H10Cl3NO5. The topological polar surface area (TPSA) is 78.7 Å². The zero-order valence-corrected chi connectivity index (χ0v) is 12.5. The standard InChI is InChI=1S/C11H10Cl3NO5/c1-7(16)20-10(11(12,13)14)19-6-8-2-4-9(5-3-8)15(17)18/h2-5,10H,6H2,1H3. The highest BCUT2D eigenvalue weighted by atomic mass is 35.6. The number of ether oxygens (including phenoxy) is 2. The van der Waals surface area contributed by atoms with Crippen LogP contribution in [0.3, 0.4) is 0 Å². The predicted octanol–water partition coefficient (Wildman–Crippen LogP) is 3.37. The molecule has 0 bridgehead atoms. The van der Waals surface area contributed by atoms with Crippen LogP contribution in [0.5, 0.6) is 0 Å². The number of hydrogen-bond acceptors (Lipinski definition) is 5. The van der Waals surface area contributed by atoms with Crippen molar-refractivity contribution < 1.29 is 19.2 Å². The minimum absolute atomic E-state index is 0.0378. The summed E-state index contributed by atoms with van der Waals surface area (Å²) in [7, 11) is 0. The number of benzene rings is 1. The van der Waals surface area contributed by atoms with Crippen molar-refractivity contribution in [2.45, 2.75) is 23.6 Å². The Labute approximate surface area is 129 Å². The molecule has 0 saturated heterocycles. The lowest BCUT2D eigenvalue weighted by Crippen LogP contribution is -2.33. The van der Waals surface area contributed by atoms with Crippen LogP contribution in [0.25, 0.3) is 0 Å². The monoisotopic (exact) mass is 341 g/mol. The second-order valence-electron chi connectivity index (χ2n) is 3.72. The van der Waals surface area contributed by atoms with Crippen molar-refractivity contribution in [1.29, 1.82) is 0 Å². The highest BCUT2D eigenvalue weighted by Gasteiger charge is 2.36. The van der Waals surface area contributed by atoms with E-state index in [9.17, 15) is 14.9 Å². The van der Waals surface area contributed by atoms with E-state index in [2.05, 4.69) is 0 Å². The van der Waals surface area contributed by atoms with Gasteiger partial charge < -0.3 is 9.47 Å². The summed E-state index contributed by atoms with van der Waals surface area (Å²) in [5.41, 5.74) is 0.550. The summed E-state index contributed by atoms with van der Waals surface area (Å²) in [4.78, 5) is 20.9. The van der Waals surface area contributed by atoms with Gasteiger partial charge in [-0.2, -0.15) is 0 Å². The first kappa shape index (κ1) is 17.0. The summed E-state index contributed by atoms with van der Waals surface area (Å²) in [6.45, 7) is 1.11. The Morgan fingerprint density at radius 1 is 1.35 bits per heavy atom. The summed E-state index contributed by atoms with van der Waals surface area (Å²) >= 11 is 16.8. The fourth-order valence-electron chi connectivity index (χ4n) is 1.23. The van der Waals surface area contributed by atoms with Crippen LogP contribution in [0.15, 0.2) is 24.3 Å². The first-order valence-electron chi connectivity index (χ1n) is 5.29. The summed E-state index contributed by atoms with van der Waals surface area (Å²) in [6.07, 6.45) is -1.37. The Morgan fingerprint density at radius 2 is 1.90 bits per heavy atom. The lowest BCUT2D eigenvalue weighted by molar-refractivity contribution is -0.384. The average Bonchev–Trinajstić information content (AvgIpc) is 2.33. The van der Waals surface area contributed by atoms with E-state index < -0.39 is 21.0 Å². The van der Waals surface area contributed by atoms with Crippen LogP contribution in [0.1, 0.15) is 12.5 Å². The van der Waals surface area contributed by atoms with Crippen molar-refractivity contribution in [2.24, 2.45) is 0 Å². The van der Waals surface area contributed by atoms with Gasteiger partial charge in [0.15, 0.2) is 0 Å². The summed E-state index contributed by atoms with van der Waals surface area (Å²) in [5.74, 6) is -0.662. The van der Waals surface area contributed by atoms with Gasteiger partial charge in [0.25, 0.3) is 15.8 Å². The molecule has 1 aromatic carbocycles. The molecule has 0 aliphatic carbocycles. The third-order valence-electron chi connectivity index (χ3n) is 2.09. The Bertz CT molecular complexity index is 486. The van der Waals surface area contributed by atoms with Gasteiger partial charge >= 0.3 is 5.97 Å². The van der Waals surface area contributed by atoms with Crippen molar-refractivity contribution >= 4 is 46.5 Å². The van der Waals surface area contributed by atoms with Crippen LogP contribution >= 0.6 is 34.8 Å². The third-order valence-corrected chi connectivity index (χ3v) is 2.62. The lowest BCUT2D eigenvalue weighted by Gasteiger charge is -2.23. The fraction of sp³-hybridized carbons (Fsp3) is 0.364. The second-order valence-corrected chi connectivity index (χ2v) is 6.09. The van der Waals surface area contributed by atoms with Gasteiger partial charge in [0.1, 0.15) is 0 Å². The Morgan fingerprint density at radius 3 is 2.30 bits per heavy atom. The highest BCUT2D eigenvalue weighted by molar-refractivity contribution is 6.68. The molecule has 1 aromatic rings. The van der Waals surface area contributed by atoms with Crippen LogP contribution < -0.4 is 0 Å². The van der Waals surface area contributed by atoms with E-state index in [1.165, 1.54) is 24.3 Å². The maximum Gasteiger partial charge on any atom is 0.305 e. The quantitative estimate of drug-likeness (QED) is 0.269. The van der Waals surface area contributed by atoms with Crippen molar-refractivity contribution in [3.05, 3.63) is 39.9 Å². The van der Waals surface area contributed by atoms with Gasteiger partial charge in [0.2, 0.25) is 0 Å². The maximum atomic E-state index is 10.9. The number of nitro groups is 1. The van der Waals surface area contributed by atoms with Crippen LogP contribution in [-0.4, -0.2) is 21.0 Å². The van der Waals surface area contributed by atoms with Gasteiger partial charge in [-0.3, -0.25) is 14.9 Å². The summed E-state index contributed by atoms with van der Waals surface area (Å²) < 4.78 is 7.99. The fourth-order valence-corrected chi connectivity index (χ4v) is 1.55. The van der Waals surface area contributed by atoms with Crippen molar-refractivity contribution in [2.75, 3.05) is 0 Å². The normalized spacial score (nSPS) is 12.8. The number of nitro benzene ring substituents is 1. The minimum atomic E-state index is -1.94. The van der Waals surface area contributed by atoms with E-state index in [-0.39, 0.29) is 12.3 Å². The molecule has 0 heterocycles. The predicted molar refractivity (Wildman–Crippen MR) is 73.7 cm³/mol. The average molecular weight is 343 g/mol. The Hall–Kier alpha value is -1.08. The van der Waals surface area contributed by atoms with Gasteiger partial charge in [-0.15, -0.1) is 0 Å². The Balaban J connectivity index is 2.67. The number of carbonyl (C=O) groups excluding carboxylic acids is 1. The number of rotatable bonds is 5. The molecule has 1 atom stereocenters. The number of nitrogens with zero attached hydrogens (tertiary/aromatic N) is 1. The van der Waals surface area contributed by atoms with Crippen molar-refractivity contribution in [1.82, 2.24) is 0 Å². The van der Waals surface area contributed by atoms with E-state index in [1.54, 1.807) is 0 Å². The molecule has 0 spiro atoms. The second kappa shape index (κ2) is 7.08. The highest BCUT2D eigenvalue weighted by Crippen LogP contribution is 2.33. The number of carbonyl (C=O) groups is 1. The van der Waals surface area contributed by atoms with Crippen molar-refractivity contribution in [3.8, 4) is 0 Å².